The van der Waals surface area contributed by atoms with Crippen LogP contribution < -0.4 is 0 Å². The van der Waals surface area contributed by atoms with Gasteiger partial charge in [0.2, 0.25) is 5.91 Å². The summed E-state index contributed by atoms with van der Waals surface area (Å²) in [5.74, 6) is -0.924. The molecule has 0 unspecified atom stereocenters. The summed E-state index contributed by atoms with van der Waals surface area (Å²) in [6.07, 6.45) is 5.05. The highest BCUT2D eigenvalue weighted by Crippen LogP contribution is 2.33. The Bertz CT molecular complexity index is 463. The second kappa shape index (κ2) is 6.39. The first-order valence-electron chi connectivity index (χ1n) is 7.09. The predicted octanol–water partition coefficient (Wildman–Crippen LogP) is 2.93. The van der Waals surface area contributed by atoms with Crippen molar-refractivity contribution in [1.29, 1.82) is 0 Å². The number of carbonyl (C=O) groups excluding carboxylic acids is 1. The summed E-state index contributed by atoms with van der Waals surface area (Å²) in [6, 6.07) is 3.97. The van der Waals surface area contributed by atoms with Gasteiger partial charge in [-0.25, -0.2) is 4.79 Å². The minimum atomic E-state index is -0.981. The lowest BCUT2D eigenvalue weighted by atomic mass is 9.80. The molecule has 2 rings (SSSR count). The molecule has 0 saturated heterocycles. The number of nitrogens with zero attached hydrogens (tertiary/aromatic N) is 1. The maximum atomic E-state index is 12.3. The van der Waals surface area contributed by atoms with Crippen LogP contribution in [0.25, 0.3) is 0 Å². The van der Waals surface area contributed by atoms with Crippen LogP contribution >= 0.6 is 11.3 Å². The van der Waals surface area contributed by atoms with Gasteiger partial charge in [-0.1, -0.05) is 25.3 Å². The van der Waals surface area contributed by atoms with Crippen molar-refractivity contribution >= 4 is 23.2 Å². The number of aliphatic carboxylic acids is 1. The van der Waals surface area contributed by atoms with Crippen molar-refractivity contribution in [3.8, 4) is 0 Å². The van der Waals surface area contributed by atoms with Crippen LogP contribution in [-0.2, 0) is 16.0 Å². The number of rotatable bonds is 5. The lowest BCUT2D eigenvalue weighted by Gasteiger charge is -2.41. The van der Waals surface area contributed by atoms with Gasteiger partial charge in [0.05, 0.1) is 0 Å². The van der Waals surface area contributed by atoms with Crippen molar-refractivity contribution in [2.75, 3.05) is 7.05 Å². The van der Waals surface area contributed by atoms with E-state index < -0.39 is 11.5 Å². The van der Waals surface area contributed by atoms with Crippen LogP contribution in [0.4, 0.5) is 0 Å². The van der Waals surface area contributed by atoms with Crippen LogP contribution in [0.3, 0.4) is 0 Å². The topological polar surface area (TPSA) is 57.6 Å². The molecule has 1 heterocycles. The van der Waals surface area contributed by atoms with Crippen LogP contribution in [0.2, 0.25) is 0 Å². The van der Waals surface area contributed by atoms with Crippen LogP contribution in [0, 0.1) is 0 Å². The Morgan fingerprint density at radius 3 is 2.60 bits per heavy atom. The highest BCUT2D eigenvalue weighted by Gasteiger charge is 2.45. The van der Waals surface area contributed by atoms with E-state index in [2.05, 4.69) is 0 Å². The average Bonchev–Trinajstić information content (AvgIpc) is 2.97. The minimum Gasteiger partial charge on any atom is -0.479 e. The molecule has 0 aliphatic heterocycles. The van der Waals surface area contributed by atoms with E-state index in [0.717, 1.165) is 19.3 Å². The van der Waals surface area contributed by atoms with Crippen LogP contribution in [0.15, 0.2) is 17.5 Å². The van der Waals surface area contributed by atoms with E-state index in [0.29, 0.717) is 25.7 Å². The first kappa shape index (κ1) is 15.0. The molecule has 1 fully saturated rings. The smallest absolute Gasteiger partial charge is 0.329 e. The van der Waals surface area contributed by atoms with E-state index in [1.165, 1.54) is 9.78 Å². The van der Waals surface area contributed by atoms with Crippen molar-refractivity contribution in [3.63, 3.8) is 0 Å². The molecule has 0 spiro atoms. The molecule has 0 atom stereocenters. The van der Waals surface area contributed by atoms with E-state index >= 15 is 0 Å². The average molecular weight is 295 g/mol. The zero-order valence-corrected chi connectivity index (χ0v) is 12.6. The number of aryl methyl sites for hydroxylation is 1. The van der Waals surface area contributed by atoms with Crippen molar-refractivity contribution < 1.29 is 14.7 Å². The third-order valence-electron chi connectivity index (χ3n) is 4.26. The molecule has 1 aliphatic carbocycles. The van der Waals surface area contributed by atoms with Crippen LogP contribution in [-0.4, -0.2) is 34.5 Å². The van der Waals surface area contributed by atoms with E-state index in [1.807, 2.05) is 17.5 Å². The number of hydrogen-bond donors (Lipinski definition) is 1. The van der Waals surface area contributed by atoms with Crippen molar-refractivity contribution in [2.45, 2.75) is 50.5 Å². The van der Waals surface area contributed by atoms with E-state index in [9.17, 15) is 14.7 Å². The molecule has 5 heteroatoms. The SMILES string of the molecule is CN(C(=O)CCc1cccs1)C1(C(=O)O)CCCCC1. The number of amides is 1. The van der Waals surface area contributed by atoms with Gasteiger partial charge in [0, 0.05) is 18.3 Å². The van der Waals surface area contributed by atoms with Gasteiger partial charge in [0.1, 0.15) is 5.54 Å². The predicted molar refractivity (Wildman–Crippen MR) is 78.9 cm³/mol. The van der Waals surface area contributed by atoms with Crippen molar-refractivity contribution in [2.24, 2.45) is 0 Å². The molecular formula is C15H21NO3S. The summed E-state index contributed by atoms with van der Waals surface area (Å²) < 4.78 is 0. The molecular weight excluding hydrogens is 274 g/mol. The van der Waals surface area contributed by atoms with Crippen molar-refractivity contribution in [1.82, 2.24) is 4.90 Å². The van der Waals surface area contributed by atoms with Gasteiger partial charge in [0.25, 0.3) is 0 Å². The Morgan fingerprint density at radius 1 is 1.35 bits per heavy atom. The number of carbonyl (C=O) groups is 2. The molecule has 1 aromatic rings. The van der Waals surface area contributed by atoms with E-state index in [-0.39, 0.29) is 5.91 Å². The number of thiophene rings is 1. The number of likely N-dealkylation sites (N-methyl/N-ethyl adjacent to an activating group) is 1. The monoisotopic (exact) mass is 295 g/mol. The van der Waals surface area contributed by atoms with Gasteiger partial charge >= 0.3 is 5.97 Å². The fourth-order valence-corrected chi connectivity index (χ4v) is 3.63. The number of hydrogen-bond acceptors (Lipinski definition) is 3. The van der Waals surface area contributed by atoms with E-state index in [1.54, 1.807) is 18.4 Å². The molecule has 110 valence electrons. The summed E-state index contributed by atoms with van der Waals surface area (Å²) in [5.41, 5.74) is -0.981. The third kappa shape index (κ3) is 3.03. The summed E-state index contributed by atoms with van der Waals surface area (Å²) >= 11 is 1.63. The molecule has 1 N–H and O–H groups in total. The second-order valence-corrected chi connectivity index (χ2v) is 6.46. The Hall–Kier alpha value is -1.36. The Morgan fingerprint density at radius 2 is 2.05 bits per heavy atom. The molecule has 4 nitrogen and oxygen atoms in total. The van der Waals surface area contributed by atoms with E-state index in [4.69, 9.17) is 0 Å². The first-order chi connectivity index (χ1) is 9.56. The van der Waals surface area contributed by atoms with Crippen LogP contribution in [0.1, 0.15) is 43.4 Å². The van der Waals surface area contributed by atoms with Gasteiger partial charge < -0.3 is 10.0 Å². The molecule has 0 aromatic carbocycles. The zero-order chi connectivity index (χ0) is 14.6. The lowest BCUT2D eigenvalue weighted by molar-refractivity contribution is -0.160. The normalized spacial score (nSPS) is 17.6. The summed E-state index contributed by atoms with van der Waals surface area (Å²) in [7, 11) is 1.65. The van der Waals surface area contributed by atoms with Gasteiger partial charge in [-0.2, -0.15) is 0 Å². The molecule has 1 saturated carbocycles. The van der Waals surface area contributed by atoms with Crippen LogP contribution in [0.5, 0.6) is 0 Å². The highest BCUT2D eigenvalue weighted by molar-refractivity contribution is 7.09. The van der Waals surface area contributed by atoms with Crippen molar-refractivity contribution in [3.05, 3.63) is 22.4 Å². The standard InChI is InChI=1S/C15H21NO3S/c1-16(13(17)8-7-12-6-5-11-20-12)15(14(18)19)9-3-2-4-10-15/h5-6,11H,2-4,7-10H2,1H3,(H,18,19). The molecule has 1 aliphatic rings. The Labute approximate surface area is 123 Å². The van der Waals surface area contributed by atoms with Gasteiger partial charge in [-0.15, -0.1) is 11.3 Å². The molecule has 20 heavy (non-hydrogen) atoms. The maximum absolute atomic E-state index is 12.3. The quantitative estimate of drug-likeness (QED) is 0.908. The summed E-state index contributed by atoms with van der Waals surface area (Å²) in [5, 5.41) is 11.6. The Balaban J connectivity index is 2.01. The first-order valence-corrected chi connectivity index (χ1v) is 7.97. The maximum Gasteiger partial charge on any atom is 0.329 e. The summed E-state index contributed by atoms with van der Waals surface area (Å²) in [4.78, 5) is 26.6. The fourth-order valence-electron chi connectivity index (χ4n) is 2.92. The van der Waals surface area contributed by atoms with Gasteiger partial charge in [-0.3, -0.25) is 4.79 Å². The Kier molecular flexibility index (Phi) is 4.81. The molecule has 0 bridgehead atoms. The third-order valence-corrected chi connectivity index (χ3v) is 5.20. The largest absolute Gasteiger partial charge is 0.479 e. The second-order valence-electron chi connectivity index (χ2n) is 5.43. The molecule has 1 amide bonds. The van der Waals surface area contributed by atoms with Gasteiger partial charge in [-0.05, 0) is 30.7 Å². The number of carboxylic acids is 1. The molecule has 0 radical (unpaired) electrons. The lowest BCUT2D eigenvalue weighted by Crippen LogP contribution is -2.56. The molecule has 1 aromatic heterocycles. The fraction of sp³-hybridized carbons (Fsp3) is 0.600. The zero-order valence-electron chi connectivity index (χ0n) is 11.8. The minimum absolute atomic E-state index is 0.0669. The highest BCUT2D eigenvalue weighted by atomic mass is 32.1. The summed E-state index contributed by atoms with van der Waals surface area (Å²) in [6.45, 7) is 0. The van der Waals surface area contributed by atoms with Gasteiger partial charge in [0.15, 0.2) is 0 Å². The number of carboxylic acid groups (broad SMARTS) is 1.